The van der Waals surface area contributed by atoms with Gasteiger partial charge in [0.25, 0.3) is 5.91 Å². The van der Waals surface area contributed by atoms with E-state index in [4.69, 9.17) is 0 Å². The number of hydrogen-bond donors (Lipinski definition) is 2. The van der Waals surface area contributed by atoms with E-state index in [1.807, 2.05) is 0 Å². The van der Waals surface area contributed by atoms with Crippen LogP contribution in [0.25, 0.3) is 0 Å². The fourth-order valence-corrected chi connectivity index (χ4v) is 5.12. The lowest BCUT2D eigenvalue weighted by atomic mass is 10.1. The Balaban J connectivity index is 1.28. The highest BCUT2D eigenvalue weighted by Crippen LogP contribution is 2.28. The number of benzene rings is 1. The molecule has 11 heteroatoms. The summed E-state index contributed by atoms with van der Waals surface area (Å²) in [6.45, 7) is 2.71. The highest BCUT2D eigenvalue weighted by atomic mass is 32.2. The van der Waals surface area contributed by atoms with Crippen molar-refractivity contribution in [3.05, 3.63) is 52.2 Å². The van der Waals surface area contributed by atoms with Crippen molar-refractivity contribution in [3.8, 4) is 0 Å². The number of aromatic nitrogens is 4. The molecule has 9 nitrogen and oxygen atoms in total. The Morgan fingerprint density at radius 1 is 1.19 bits per heavy atom. The summed E-state index contributed by atoms with van der Waals surface area (Å²) < 4.78 is 1.51. The zero-order valence-corrected chi connectivity index (χ0v) is 19.4. The molecule has 1 aliphatic rings. The fourth-order valence-electron chi connectivity index (χ4n) is 3.61. The van der Waals surface area contributed by atoms with Crippen molar-refractivity contribution in [3.63, 3.8) is 0 Å². The van der Waals surface area contributed by atoms with Gasteiger partial charge in [-0.05, 0) is 72.1 Å². The van der Waals surface area contributed by atoms with Gasteiger partial charge in [-0.1, -0.05) is 17.8 Å². The van der Waals surface area contributed by atoms with Gasteiger partial charge in [-0.25, -0.2) is 4.68 Å². The summed E-state index contributed by atoms with van der Waals surface area (Å²) in [6.07, 6.45) is 2.41. The second-order valence-corrected chi connectivity index (χ2v) is 9.41. The van der Waals surface area contributed by atoms with Crippen molar-refractivity contribution in [2.45, 2.75) is 24.0 Å². The molecule has 0 aliphatic carbocycles. The van der Waals surface area contributed by atoms with Crippen LogP contribution in [0, 0.1) is 0 Å². The predicted molar refractivity (Wildman–Crippen MR) is 125 cm³/mol. The molecule has 168 valence electrons. The monoisotopic (exact) mass is 471 g/mol. The van der Waals surface area contributed by atoms with Crippen LogP contribution in [0.5, 0.6) is 0 Å². The van der Waals surface area contributed by atoms with Gasteiger partial charge in [-0.2, -0.15) is 0 Å². The Morgan fingerprint density at radius 2 is 1.97 bits per heavy atom. The molecule has 0 bridgehead atoms. The van der Waals surface area contributed by atoms with Crippen molar-refractivity contribution in [2.75, 3.05) is 30.7 Å². The Hall–Kier alpha value is -2.76. The lowest BCUT2D eigenvalue weighted by Gasteiger charge is -2.27. The molecule has 3 aromatic rings. The van der Waals surface area contributed by atoms with Gasteiger partial charge in [0.1, 0.15) is 0 Å². The minimum atomic E-state index is -0.167. The van der Waals surface area contributed by atoms with E-state index in [0.717, 1.165) is 13.1 Å². The van der Waals surface area contributed by atoms with Crippen molar-refractivity contribution < 1.29 is 9.59 Å². The van der Waals surface area contributed by atoms with E-state index >= 15 is 0 Å². The Labute approximate surface area is 194 Å². The molecule has 2 N–H and O–H groups in total. The molecular weight excluding hydrogens is 446 g/mol. The number of nitrogens with zero attached hydrogens (tertiary/aromatic N) is 5. The number of hydrogen-bond acceptors (Lipinski definition) is 8. The third kappa shape index (κ3) is 5.72. The average molecular weight is 472 g/mol. The summed E-state index contributed by atoms with van der Waals surface area (Å²) in [5, 5.41) is 19.7. The first kappa shape index (κ1) is 22.4. The first-order valence-corrected chi connectivity index (χ1v) is 12.3. The number of carbonyl (C=O) groups is 2. The van der Waals surface area contributed by atoms with E-state index in [1.54, 1.807) is 42.6 Å². The molecule has 0 saturated carbocycles. The van der Waals surface area contributed by atoms with Crippen LogP contribution in [-0.4, -0.2) is 62.3 Å². The number of aryl methyl sites for hydroxylation is 1. The standard InChI is InChI=1S/C21H25N7O2S2/c1-27-21(24-25-26-27)32-14-19(29)23-16-8-6-15(7-9-16)20(30)22-13-17(18-5-4-12-31-18)28-10-2-3-11-28/h4-9,12,17H,2-3,10-11,13-14H2,1H3,(H,22,30)(H,23,29). The van der Waals surface area contributed by atoms with Crippen LogP contribution < -0.4 is 10.6 Å². The maximum absolute atomic E-state index is 12.7. The van der Waals surface area contributed by atoms with Crippen molar-refractivity contribution >= 4 is 40.6 Å². The number of carbonyl (C=O) groups excluding carboxylic acids is 2. The lowest BCUT2D eigenvalue weighted by Crippen LogP contribution is -2.36. The van der Waals surface area contributed by atoms with Gasteiger partial charge in [0.2, 0.25) is 11.1 Å². The number of likely N-dealkylation sites (tertiary alicyclic amines) is 1. The smallest absolute Gasteiger partial charge is 0.251 e. The molecule has 1 atom stereocenters. The van der Waals surface area contributed by atoms with Crippen molar-refractivity contribution in [1.29, 1.82) is 0 Å². The van der Waals surface area contributed by atoms with Gasteiger partial charge in [0.05, 0.1) is 11.8 Å². The fraction of sp³-hybridized carbons (Fsp3) is 0.381. The molecule has 1 fully saturated rings. The Morgan fingerprint density at radius 3 is 2.62 bits per heavy atom. The second kappa shape index (κ2) is 10.7. The van der Waals surface area contributed by atoms with E-state index in [2.05, 4.69) is 48.6 Å². The average Bonchev–Trinajstić information content (AvgIpc) is 3.57. The number of amides is 2. The Kier molecular flexibility index (Phi) is 7.51. The molecule has 1 aliphatic heterocycles. The van der Waals surface area contributed by atoms with E-state index in [0.29, 0.717) is 23.0 Å². The predicted octanol–water partition coefficient (Wildman–Crippen LogP) is 2.57. The second-order valence-electron chi connectivity index (χ2n) is 7.48. The Bertz CT molecular complexity index is 1030. The van der Waals surface area contributed by atoms with Crippen LogP contribution in [0.2, 0.25) is 0 Å². The normalized spacial score (nSPS) is 14.9. The first-order chi connectivity index (χ1) is 15.6. The summed E-state index contributed by atoms with van der Waals surface area (Å²) >= 11 is 2.98. The molecule has 32 heavy (non-hydrogen) atoms. The number of anilines is 1. The van der Waals surface area contributed by atoms with Gasteiger partial charge in [0, 0.05) is 29.7 Å². The molecule has 4 rings (SSSR count). The van der Waals surface area contributed by atoms with Gasteiger partial charge < -0.3 is 10.6 Å². The zero-order chi connectivity index (χ0) is 22.3. The van der Waals surface area contributed by atoms with Crippen molar-refractivity contribution in [1.82, 2.24) is 30.4 Å². The molecule has 1 saturated heterocycles. The summed E-state index contributed by atoms with van der Waals surface area (Å²) in [6, 6.07) is 11.3. The molecule has 0 spiro atoms. The third-order valence-electron chi connectivity index (χ3n) is 5.25. The number of rotatable bonds is 9. The van der Waals surface area contributed by atoms with E-state index in [1.165, 1.54) is 34.2 Å². The summed E-state index contributed by atoms with van der Waals surface area (Å²) in [4.78, 5) is 28.6. The summed E-state index contributed by atoms with van der Waals surface area (Å²) in [5.74, 6) is -0.0922. The van der Waals surface area contributed by atoms with Gasteiger partial charge in [0.15, 0.2) is 0 Å². The highest BCUT2D eigenvalue weighted by Gasteiger charge is 2.24. The number of thiophene rings is 1. The van der Waals surface area contributed by atoms with Crippen LogP contribution in [0.1, 0.15) is 34.1 Å². The molecule has 1 unspecified atom stereocenters. The van der Waals surface area contributed by atoms with E-state index < -0.39 is 0 Å². The zero-order valence-electron chi connectivity index (χ0n) is 17.7. The third-order valence-corrected chi connectivity index (χ3v) is 7.24. The van der Waals surface area contributed by atoms with Gasteiger partial charge in [-0.15, -0.1) is 16.4 Å². The van der Waals surface area contributed by atoms with Crippen molar-refractivity contribution in [2.24, 2.45) is 7.05 Å². The number of tetrazole rings is 1. The summed E-state index contributed by atoms with van der Waals surface area (Å²) in [5.41, 5.74) is 1.20. The van der Waals surface area contributed by atoms with E-state index in [9.17, 15) is 9.59 Å². The molecule has 3 heterocycles. The van der Waals surface area contributed by atoms with Crippen LogP contribution in [0.15, 0.2) is 46.9 Å². The molecule has 0 radical (unpaired) electrons. The van der Waals surface area contributed by atoms with Crippen LogP contribution in [0.3, 0.4) is 0 Å². The highest BCUT2D eigenvalue weighted by molar-refractivity contribution is 7.99. The minimum absolute atomic E-state index is 0.117. The molecular formula is C21H25N7O2S2. The van der Waals surface area contributed by atoms with Crippen LogP contribution in [-0.2, 0) is 11.8 Å². The van der Waals surface area contributed by atoms with Crippen LogP contribution in [0.4, 0.5) is 5.69 Å². The topological polar surface area (TPSA) is 105 Å². The lowest BCUT2D eigenvalue weighted by molar-refractivity contribution is -0.113. The number of thioether (sulfide) groups is 1. The quantitative estimate of drug-likeness (QED) is 0.462. The molecule has 1 aromatic carbocycles. The van der Waals surface area contributed by atoms with E-state index in [-0.39, 0.29) is 23.6 Å². The maximum atomic E-state index is 12.7. The SMILES string of the molecule is Cn1nnnc1SCC(=O)Nc1ccc(C(=O)NCC(c2cccs2)N2CCCC2)cc1. The molecule has 2 aromatic heterocycles. The van der Waals surface area contributed by atoms with Gasteiger partial charge in [-0.3, -0.25) is 14.5 Å². The number of nitrogens with one attached hydrogen (secondary N) is 2. The largest absolute Gasteiger partial charge is 0.350 e. The maximum Gasteiger partial charge on any atom is 0.251 e. The summed E-state index contributed by atoms with van der Waals surface area (Å²) in [7, 11) is 1.72. The minimum Gasteiger partial charge on any atom is -0.350 e. The van der Waals surface area contributed by atoms with Gasteiger partial charge >= 0.3 is 0 Å². The molecule has 2 amide bonds. The first-order valence-electron chi connectivity index (χ1n) is 10.4. The van der Waals surface area contributed by atoms with Crippen LogP contribution >= 0.6 is 23.1 Å².